The molecule has 0 fully saturated rings. The minimum Gasteiger partial charge on any atom is -0.480 e. The second-order valence-corrected chi connectivity index (χ2v) is 7.12. The Balaban J connectivity index is 1.69. The van der Waals surface area contributed by atoms with Crippen molar-refractivity contribution in [2.24, 2.45) is 0 Å². The Bertz CT molecular complexity index is 972. The molecule has 134 valence electrons. The summed E-state index contributed by atoms with van der Waals surface area (Å²) >= 11 is 7.53. The first kappa shape index (κ1) is 18.1. The van der Waals surface area contributed by atoms with Crippen molar-refractivity contribution in [3.63, 3.8) is 0 Å². The van der Waals surface area contributed by atoms with Crippen molar-refractivity contribution in [1.82, 2.24) is 15.3 Å². The third-order valence-electron chi connectivity index (χ3n) is 3.56. The number of halogens is 1. The molecule has 3 N–H and O–H groups in total. The molecule has 0 spiro atoms. The largest absolute Gasteiger partial charge is 0.480 e. The van der Waals surface area contributed by atoms with Gasteiger partial charge in [-0.05, 0) is 42.3 Å². The van der Waals surface area contributed by atoms with Crippen LogP contribution in [0, 0.1) is 6.92 Å². The monoisotopic (exact) mass is 390 g/mol. The first-order valence-electron chi connectivity index (χ1n) is 7.69. The van der Waals surface area contributed by atoms with E-state index in [0.717, 1.165) is 20.7 Å². The molecular formula is C17H15ClN4O3S. The summed E-state index contributed by atoms with van der Waals surface area (Å²) in [6.07, 6.45) is 0. The molecule has 3 aromatic rings. The van der Waals surface area contributed by atoms with Crippen LogP contribution in [0.4, 0.5) is 5.82 Å². The lowest BCUT2D eigenvalue weighted by Gasteiger charge is -2.08. The lowest BCUT2D eigenvalue weighted by molar-refractivity contribution is -0.135. The maximum absolute atomic E-state index is 11.8. The second-order valence-electron chi connectivity index (χ2n) is 5.54. The molecule has 0 saturated heterocycles. The summed E-state index contributed by atoms with van der Waals surface area (Å²) in [7, 11) is 0. The summed E-state index contributed by atoms with van der Waals surface area (Å²) in [5.41, 5.74) is 1.34. The topological polar surface area (TPSA) is 104 Å². The van der Waals surface area contributed by atoms with Crippen LogP contribution in [-0.2, 0) is 11.3 Å². The quantitative estimate of drug-likeness (QED) is 0.559. The van der Waals surface area contributed by atoms with Crippen molar-refractivity contribution >= 4 is 50.8 Å². The standard InChI is InChI=1S/C17H15ClN4O3S/c1-9-6-12-14(21-17(18)22-16(12)26-9)19-7-10-2-4-11(5-3-10)15(25)20-8-13(23)24/h2-6H,7-8H2,1H3,(H,20,25)(H,23,24)(H,19,21,22). The minimum absolute atomic E-state index is 0.187. The van der Waals surface area contributed by atoms with Crippen LogP contribution in [0.25, 0.3) is 10.2 Å². The van der Waals surface area contributed by atoms with Gasteiger partial charge in [-0.3, -0.25) is 9.59 Å². The summed E-state index contributed by atoms with van der Waals surface area (Å²) in [5.74, 6) is -0.852. The SMILES string of the molecule is Cc1cc2c(NCc3ccc(C(=O)NCC(=O)O)cc3)nc(Cl)nc2s1. The summed E-state index contributed by atoms with van der Waals surface area (Å²) in [5, 5.41) is 15.3. The van der Waals surface area contributed by atoms with Crippen LogP contribution >= 0.6 is 22.9 Å². The van der Waals surface area contributed by atoms with Gasteiger partial charge in [-0.2, -0.15) is 0 Å². The third-order valence-corrected chi connectivity index (χ3v) is 4.68. The van der Waals surface area contributed by atoms with Crippen molar-refractivity contribution < 1.29 is 14.7 Å². The van der Waals surface area contributed by atoms with Crippen LogP contribution in [-0.4, -0.2) is 33.5 Å². The van der Waals surface area contributed by atoms with E-state index in [9.17, 15) is 9.59 Å². The fourth-order valence-electron chi connectivity index (χ4n) is 2.37. The number of aliphatic carboxylic acids is 1. The summed E-state index contributed by atoms with van der Waals surface area (Å²) in [6.45, 7) is 2.08. The van der Waals surface area contributed by atoms with E-state index < -0.39 is 18.4 Å². The number of rotatable bonds is 6. The fraction of sp³-hybridized carbons (Fsp3) is 0.176. The number of carbonyl (C=O) groups excluding carboxylic acids is 1. The van der Waals surface area contributed by atoms with E-state index in [1.807, 2.05) is 13.0 Å². The molecule has 1 amide bonds. The molecule has 9 heteroatoms. The highest BCUT2D eigenvalue weighted by molar-refractivity contribution is 7.18. The number of aromatic nitrogens is 2. The predicted octanol–water partition coefficient (Wildman–Crippen LogP) is 3.08. The lowest BCUT2D eigenvalue weighted by Crippen LogP contribution is -2.29. The maximum atomic E-state index is 11.8. The zero-order chi connectivity index (χ0) is 18.7. The number of benzene rings is 1. The number of aryl methyl sites for hydroxylation is 1. The van der Waals surface area contributed by atoms with Crippen LogP contribution < -0.4 is 10.6 Å². The van der Waals surface area contributed by atoms with Gasteiger partial charge in [0.15, 0.2) is 0 Å². The number of carbonyl (C=O) groups is 2. The molecule has 1 aromatic carbocycles. The molecular weight excluding hydrogens is 376 g/mol. The van der Waals surface area contributed by atoms with Gasteiger partial charge in [0.05, 0.1) is 5.39 Å². The van der Waals surface area contributed by atoms with Crippen LogP contribution in [0.15, 0.2) is 30.3 Å². The fourth-order valence-corrected chi connectivity index (χ4v) is 3.47. The zero-order valence-electron chi connectivity index (χ0n) is 13.7. The number of nitrogens with one attached hydrogen (secondary N) is 2. The Labute approximate surface area is 158 Å². The summed E-state index contributed by atoms with van der Waals surface area (Å²) in [6, 6.07) is 8.88. The molecule has 2 aromatic heterocycles. The number of hydrogen-bond acceptors (Lipinski definition) is 6. The van der Waals surface area contributed by atoms with Crippen molar-refractivity contribution in [2.75, 3.05) is 11.9 Å². The number of thiophene rings is 1. The van der Waals surface area contributed by atoms with Crippen molar-refractivity contribution in [3.05, 3.63) is 51.6 Å². The molecule has 7 nitrogen and oxygen atoms in total. The van der Waals surface area contributed by atoms with E-state index in [1.54, 1.807) is 35.6 Å². The Morgan fingerprint density at radius 1 is 1.23 bits per heavy atom. The van der Waals surface area contributed by atoms with Gasteiger partial charge >= 0.3 is 5.97 Å². The van der Waals surface area contributed by atoms with Gasteiger partial charge in [-0.15, -0.1) is 11.3 Å². The number of hydrogen-bond donors (Lipinski definition) is 3. The Hall–Kier alpha value is -2.71. The highest BCUT2D eigenvalue weighted by Crippen LogP contribution is 2.29. The lowest BCUT2D eigenvalue weighted by atomic mass is 10.1. The van der Waals surface area contributed by atoms with E-state index in [-0.39, 0.29) is 5.28 Å². The van der Waals surface area contributed by atoms with Crippen LogP contribution in [0.3, 0.4) is 0 Å². The van der Waals surface area contributed by atoms with Crippen LogP contribution in [0.1, 0.15) is 20.8 Å². The van der Waals surface area contributed by atoms with E-state index in [0.29, 0.717) is 17.9 Å². The Morgan fingerprint density at radius 2 is 1.96 bits per heavy atom. The van der Waals surface area contributed by atoms with Gasteiger partial charge in [0, 0.05) is 17.0 Å². The number of anilines is 1. The third kappa shape index (κ3) is 4.27. The first-order valence-corrected chi connectivity index (χ1v) is 8.88. The number of fused-ring (bicyclic) bond motifs is 1. The molecule has 0 unspecified atom stereocenters. The number of carboxylic acids is 1. The summed E-state index contributed by atoms with van der Waals surface area (Å²) in [4.78, 5) is 32.7. The van der Waals surface area contributed by atoms with E-state index >= 15 is 0 Å². The maximum Gasteiger partial charge on any atom is 0.322 e. The molecule has 2 heterocycles. The smallest absolute Gasteiger partial charge is 0.322 e. The predicted molar refractivity (Wildman–Crippen MR) is 101 cm³/mol. The Kier molecular flexibility index (Phi) is 5.34. The molecule has 0 radical (unpaired) electrons. The molecule has 0 aliphatic carbocycles. The molecule has 26 heavy (non-hydrogen) atoms. The second kappa shape index (κ2) is 7.67. The number of nitrogens with zero attached hydrogens (tertiary/aromatic N) is 2. The first-order chi connectivity index (χ1) is 12.4. The van der Waals surface area contributed by atoms with Gasteiger partial charge in [-0.1, -0.05) is 12.1 Å². The summed E-state index contributed by atoms with van der Waals surface area (Å²) < 4.78 is 0. The van der Waals surface area contributed by atoms with E-state index in [4.69, 9.17) is 16.7 Å². The number of carboxylic acid groups (broad SMARTS) is 1. The average molecular weight is 391 g/mol. The van der Waals surface area contributed by atoms with Crippen LogP contribution in [0.2, 0.25) is 5.28 Å². The van der Waals surface area contributed by atoms with E-state index in [1.165, 1.54) is 0 Å². The molecule has 0 saturated carbocycles. The Morgan fingerprint density at radius 3 is 2.65 bits per heavy atom. The average Bonchev–Trinajstić information content (AvgIpc) is 2.98. The van der Waals surface area contributed by atoms with Gasteiger partial charge in [0.2, 0.25) is 5.28 Å². The number of amides is 1. The highest BCUT2D eigenvalue weighted by Gasteiger charge is 2.10. The molecule has 0 aliphatic rings. The van der Waals surface area contributed by atoms with Gasteiger partial charge in [0.25, 0.3) is 5.91 Å². The van der Waals surface area contributed by atoms with Crippen molar-refractivity contribution in [2.45, 2.75) is 13.5 Å². The molecule has 3 rings (SSSR count). The van der Waals surface area contributed by atoms with Crippen molar-refractivity contribution in [3.8, 4) is 0 Å². The molecule has 0 bridgehead atoms. The highest BCUT2D eigenvalue weighted by atomic mass is 35.5. The van der Waals surface area contributed by atoms with Gasteiger partial charge in [-0.25, -0.2) is 9.97 Å². The zero-order valence-corrected chi connectivity index (χ0v) is 15.3. The van der Waals surface area contributed by atoms with E-state index in [2.05, 4.69) is 20.6 Å². The van der Waals surface area contributed by atoms with Gasteiger partial charge in [0.1, 0.15) is 17.2 Å². The normalized spacial score (nSPS) is 10.7. The minimum atomic E-state index is -1.09. The molecule has 0 aliphatic heterocycles. The molecule has 0 atom stereocenters. The van der Waals surface area contributed by atoms with Crippen LogP contribution in [0.5, 0.6) is 0 Å². The van der Waals surface area contributed by atoms with Gasteiger partial charge < -0.3 is 15.7 Å². The van der Waals surface area contributed by atoms with Crippen molar-refractivity contribution in [1.29, 1.82) is 0 Å².